The van der Waals surface area contributed by atoms with Crippen molar-refractivity contribution in [2.75, 3.05) is 11.9 Å². The maximum atomic E-state index is 12.3. The molecule has 3 nitrogen and oxygen atoms in total. The maximum Gasteiger partial charge on any atom is 0.227 e. The minimum absolute atomic E-state index is 0.188. The second kappa shape index (κ2) is 7.44. The van der Waals surface area contributed by atoms with Gasteiger partial charge in [0.25, 0.3) is 0 Å². The molecule has 20 heavy (non-hydrogen) atoms. The minimum Gasteiger partial charge on any atom is -0.330 e. The second-order valence-electron chi connectivity index (χ2n) is 6.04. The number of aryl methyl sites for hydroxylation is 1. The van der Waals surface area contributed by atoms with Crippen LogP contribution in [-0.4, -0.2) is 12.5 Å². The third-order valence-corrected chi connectivity index (χ3v) is 4.25. The van der Waals surface area contributed by atoms with Crippen molar-refractivity contribution >= 4 is 11.6 Å². The molecular weight excluding hydrogens is 248 g/mol. The fourth-order valence-corrected chi connectivity index (χ4v) is 2.88. The van der Waals surface area contributed by atoms with Crippen LogP contribution in [0.1, 0.15) is 44.6 Å². The molecule has 1 aliphatic carbocycles. The van der Waals surface area contributed by atoms with E-state index in [1.165, 1.54) is 18.4 Å². The Balaban J connectivity index is 1.90. The fourth-order valence-electron chi connectivity index (χ4n) is 2.88. The van der Waals surface area contributed by atoms with Crippen molar-refractivity contribution in [1.82, 2.24) is 0 Å². The molecule has 2 rings (SSSR count). The number of hydrogen-bond acceptors (Lipinski definition) is 2. The molecule has 0 saturated heterocycles. The SMILES string of the molecule is CC1CCC(C(=O)Nc2cccc(CCCN)c2)CC1. The number of nitrogens with one attached hydrogen (secondary N) is 1. The van der Waals surface area contributed by atoms with Crippen LogP contribution in [0.25, 0.3) is 0 Å². The highest BCUT2D eigenvalue weighted by molar-refractivity contribution is 5.92. The minimum atomic E-state index is 0.188. The van der Waals surface area contributed by atoms with E-state index in [-0.39, 0.29) is 11.8 Å². The Morgan fingerprint density at radius 3 is 2.75 bits per heavy atom. The van der Waals surface area contributed by atoms with E-state index in [4.69, 9.17) is 5.73 Å². The molecule has 1 aromatic rings. The summed E-state index contributed by atoms with van der Waals surface area (Å²) in [5.41, 5.74) is 7.69. The van der Waals surface area contributed by atoms with E-state index < -0.39 is 0 Å². The van der Waals surface area contributed by atoms with E-state index in [1.807, 2.05) is 12.1 Å². The van der Waals surface area contributed by atoms with Gasteiger partial charge in [0.2, 0.25) is 5.91 Å². The Morgan fingerprint density at radius 1 is 1.30 bits per heavy atom. The molecule has 3 heteroatoms. The standard InChI is InChI=1S/C17H26N2O/c1-13-7-9-15(10-8-13)17(20)19-16-6-2-4-14(12-16)5-3-11-18/h2,4,6,12-13,15H,3,5,7-11,18H2,1H3,(H,19,20). The van der Waals surface area contributed by atoms with Crippen LogP contribution in [0.4, 0.5) is 5.69 Å². The van der Waals surface area contributed by atoms with Gasteiger partial charge in [-0.15, -0.1) is 0 Å². The van der Waals surface area contributed by atoms with Gasteiger partial charge in [0.1, 0.15) is 0 Å². The third kappa shape index (κ3) is 4.34. The predicted octanol–water partition coefficient (Wildman–Crippen LogP) is 3.34. The van der Waals surface area contributed by atoms with Crippen molar-refractivity contribution in [2.45, 2.75) is 45.4 Å². The summed E-state index contributed by atoms with van der Waals surface area (Å²) in [4.78, 5) is 12.3. The fraction of sp³-hybridized carbons (Fsp3) is 0.588. The molecule has 0 aliphatic heterocycles. The van der Waals surface area contributed by atoms with Crippen molar-refractivity contribution in [3.63, 3.8) is 0 Å². The molecule has 1 saturated carbocycles. The summed E-state index contributed by atoms with van der Waals surface area (Å²) >= 11 is 0. The summed E-state index contributed by atoms with van der Waals surface area (Å²) < 4.78 is 0. The average Bonchev–Trinajstić information content (AvgIpc) is 2.46. The molecule has 3 N–H and O–H groups in total. The van der Waals surface area contributed by atoms with Crippen LogP contribution in [0.15, 0.2) is 24.3 Å². The first-order chi connectivity index (χ1) is 9.69. The number of hydrogen-bond donors (Lipinski definition) is 2. The molecule has 110 valence electrons. The number of carbonyl (C=O) groups excluding carboxylic acids is 1. The lowest BCUT2D eigenvalue weighted by Crippen LogP contribution is -2.26. The molecule has 0 heterocycles. The Kier molecular flexibility index (Phi) is 5.60. The number of amides is 1. The van der Waals surface area contributed by atoms with E-state index in [1.54, 1.807) is 0 Å². The maximum absolute atomic E-state index is 12.3. The van der Waals surface area contributed by atoms with E-state index >= 15 is 0 Å². The lowest BCUT2D eigenvalue weighted by Gasteiger charge is -2.25. The average molecular weight is 274 g/mol. The molecule has 1 fully saturated rings. The van der Waals surface area contributed by atoms with Gasteiger partial charge in [-0.1, -0.05) is 19.1 Å². The second-order valence-corrected chi connectivity index (χ2v) is 6.04. The molecule has 0 spiro atoms. The summed E-state index contributed by atoms with van der Waals surface area (Å²) in [6.45, 7) is 2.98. The summed E-state index contributed by atoms with van der Waals surface area (Å²) in [6.07, 6.45) is 6.36. The number of benzene rings is 1. The van der Waals surface area contributed by atoms with Crippen molar-refractivity contribution in [3.8, 4) is 0 Å². The zero-order chi connectivity index (χ0) is 14.4. The molecule has 1 amide bonds. The molecule has 0 unspecified atom stereocenters. The Bertz CT molecular complexity index is 436. The molecule has 0 bridgehead atoms. The summed E-state index contributed by atoms with van der Waals surface area (Å²) in [5.74, 6) is 1.16. The van der Waals surface area contributed by atoms with E-state index in [2.05, 4.69) is 24.4 Å². The van der Waals surface area contributed by atoms with Crippen LogP contribution in [0.2, 0.25) is 0 Å². The number of carbonyl (C=O) groups is 1. The van der Waals surface area contributed by atoms with Crippen molar-refractivity contribution in [1.29, 1.82) is 0 Å². The van der Waals surface area contributed by atoms with Crippen LogP contribution in [0, 0.1) is 11.8 Å². The van der Waals surface area contributed by atoms with Gasteiger partial charge < -0.3 is 11.1 Å². The molecule has 0 radical (unpaired) electrons. The zero-order valence-electron chi connectivity index (χ0n) is 12.4. The van der Waals surface area contributed by atoms with E-state index in [9.17, 15) is 4.79 Å². The zero-order valence-corrected chi connectivity index (χ0v) is 12.4. The highest BCUT2D eigenvalue weighted by Crippen LogP contribution is 2.29. The normalized spacial score (nSPS) is 22.5. The first kappa shape index (κ1) is 15.0. The van der Waals surface area contributed by atoms with Gasteiger partial charge in [-0.05, 0) is 68.7 Å². The third-order valence-electron chi connectivity index (χ3n) is 4.25. The summed E-state index contributed by atoms with van der Waals surface area (Å²) in [6, 6.07) is 8.13. The molecule has 1 aliphatic rings. The molecule has 0 aromatic heterocycles. The van der Waals surface area contributed by atoms with Crippen LogP contribution in [0.5, 0.6) is 0 Å². The van der Waals surface area contributed by atoms with Gasteiger partial charge in [0, 0.05) is 11.6 Å². The number of nitrogens with two attached hydrogens (primary N) is 1. The lowest BCUT2D eigenvalue weighted by molar-refractivity contribution is -0.121. The van der Waals surface area contributed by atoms with Gasteiger partial charge >= 0.3 is 0 Å². The topological polar surface area (TPSA) is 55.1 Å². The van der Waals surface area contributed by atoms with Gasteiger partial charge in [0.15, 0.2) is 0 Å². The van der Waals surface area contributed by atoms with Gasteiger partial charge in [-0.3, -0.25) is 4.79 Å². The number of rotatable bonds is 5. The van der Waals surface area contributed by atoms with Crippen molar-refractivity contribution in [2.24, 2.45) is 17.6 Å². The summed E-state index contributed by atoms with van der Waals surface area (Å²) in [5, 5.41) is 3.07. The highest BCUT2D eigenvalue weighted by Gasteiger charge is 2.24. The summed E-state index contributed by atoms with van der Waals surface area (Å²) in [7, 11) is 0. The van der Waals surface area contributed by atoms with Crippen molar-refractivity contribution in [3.05, 3.63) is 29.8 Å². The predicted molar refractivity (Wildman–Crippen MR) is 83.6 cm³/mol. The lowest BCUT2D eigenvalue weighted by atomic mass is 9.82. The van der Waals surface area contributed by atoms with E-state index in [0.29, 0.717) is 6.54 Å². The van der Waals surface area contributed by atoms with Crippen LogP contribution in [-0.2, 0) is 11.2 Å². The monoisotopic (exact) mass is 274 g/mol. The largest absolute Gasteiger partial charge is 0.330 e. The smallest absolute Gasteiger partial charge is 0.227 e. The van der Waals surface area contributed by atoms with Crippen molar-refractivity contribution < 1.29 is 4.79 Å². The van der Waals surface area contributed by atoms with Gasteiger partial charge in [0.05, 0.1) is 0 Å². The van der Waals surface area contributed by atoms with E-state index in [0.717, 1.165) is 37.3 Å². The van der Waals surface area contributed by atoms with Crippen LogP contribution < -0.4 is 11.1 Å². The first-order valence-electron chi connectivity index (χ1n) is 7.79. The van der Waals surface area contributed by atoms with Gasteiger partial charge in [-0.25, -0.2) is 0 Å². The Labute approximate surface area is 121 Å². The number of anilines is 1. The highest BCUT2D eigenvalue weighted by atomic mass is 16.1. The van der Waals surface area contributed by atoms with Crippen LogP contribution in [0.3, 0.4) is 0 Å². The Hall–Kier alpha value is -1.35. The molecule has 0 atom stereocenters. The van der Waals surface area contributed by atoms with Gasteiger partial charge in [-0.2, -0.15) is 0 Å². The quantitative estimate of drug-likeness (QED) is 0.865. The molecule has 1 aromatic carbocycles. The Morgan fingerprint density at radius 2 is 2.05 bits per heavy atom. The molecular formula is C17H26N2O. The first-order valence-corrected chi connectivity index (χ1v) is 7.79. The van der Waals surface area contributed by atoms with Crippen LogP contribution >= 0.6 is 0 Å².